The molecule has 1 rings (SSSR count). The molecule has 0 unspecified atom stereocenters. The van der Waals surface area contributed by atoms with Crippen LogP contribution in [0.5, 0.6) is 0 Å². The first-order valence-corrected chi connectivity index (χ1v) is 4.57. The Morgan fingerprint density at radius 3 is 2.29 bits per heavy atom. The fraction of sp³-hybridized carbons (Fsp3) is 0. The van der Waals surface area contributed by atoms with Crippen molar-refractivity contribution < 1.29 is 4.79 Å². The fourth-order valence-electron chi connectivity index (χ4n) is 0.962. The standard InChI is InChI=1S/C8H8Cl2N4O.2ClH/c9-3-1-4(6(11)5(10)2-3)7(15)14-8(12)13;;/h1-2H,11H2,(H4,12,13,14,15);2*1H. The number of hydrogen-bond acceptors (Lipinski definition) is 3. The summed E-state index contributed by atoms with van der Waals surface area (Å²) in [6.07, 6.45) is 0. The molecule has 1 aromatic carbocycles. The summed E-state index contributed by atoms with van der Waals surface area (Å²) in [4.78, 5) is 11.5. The van der Waals surface area contributed by atoms with Gasteiger partial charge in [0.15, 0.2) is 5.96 Å². The molecular weight excluding hydrogens is 310 g/mol. The zero-order valence-electron chi connectivity index (χ0n) is 8.29. The van der Waals surface area contributed by atoms with E-state index in [4.69, 9.17) is 40.1 Å². The number of carbonyl (C=O) groups excluding carboxylic acids is 1. The highest BCUT2D eigenvalue weighted by molar-refractivity contribution is 6.37. The molecule has 17 heavy (non-hydrogen) atoms. The summed E-state index contributed by atoms with van der Waals surface area (Å²) < 4.78 is 0. The Kier molecular flexibility index (Phi) is 8.10. The fourth-order valence-corrected chi connectivity index (χ4v) is 1.46. The van der Waals surface area contributed by atoms with Crippen molar-refractivity contribution in [1.82, 2.24) is 5.32 Å². The number of rotatable bonds is 1. The molecule has 0 aromatic heterocycles. The van der Waals surface area contributed by atoms with E-state index in [1.165, 1.54) is 12.1 Å². The van der Waals surface area contributed by atoms with E-state index in [1.807, 2.05) is 0 Å². The van der Waals surface area contributed by atoms with Crippen LogP contribution in [0.3, 0.4) is 0 Å². The lowest BCUT2D eigenvalue weighted by molar-refractivity contribution is 0.0977. The van der Waals surface area contributed by atoms with Gasteiger partial charge in [0.05, 0.1) is 16.3 Å². The first kappa shape index (κ1) is 18.5. The van der Waals surface area contributed by atoms with Crippen molar-refractivity contribution in [3.05, 3.63) is 27.7 Å². The second-order valence-electron chi connectivity index (χ2n) is 2.72. The molecule has 0 spiro atoms. The summed E-state index contributed by atoms with van der Waals surface area (Å²) in [5.41, 5.74) is 10.7. The van der Waals surface area contributed by atoms with Gasteiger partial charge in [-0.05, 0) is 12.1 Å². The highest BCUT2D eigenvalue weighted by Gasteiger charge is 2.13. The number of carbonyl (C=O) groups is 1. The first-order valence-electron chi connectivity index (χ1n) is 3.81. The molecule has 1 aromatic rings. The molecule has 0 saturated carbocycles. The summed E-state index contributed by atoms with van der Waals surface area (Å²) >= 11 is 11.4. The van der Waals surface area contributed by atoms with Gasteiger partial charge in [-0.15, -0.1) is 24.8 Å². The Labute approximate surface area is 120 Å². The number of guanidine groups is 1. The normalized spacial score (nSPS) is 8.59. The predicted molar refractivity (Wildman–Crippen MR) is 74.8 cm³/mol. The molecular formula is C8H10Cl4N4O. The number of amides is 1. The highest BCUT2D eigenvalue weighted by Crippen LogP contribution is 2.27. The molecule has 0 atom stereocenters. The lowest BCUT2D eigenvalue weighted by Crippen LogP contribution is -2.36. The Balaban J connectivity index is 0. The lowest BCUT2D eigenvalue weighted by Gasteiger charge is -2.07. The van der Waals surface area contributed by atoms with Crippen molar-refractivity contribution >= 4 is 65.6 Å². The van der Waals surface area contributed by atoms with E-state index in [0.717, 1.165) is 0 Å². The average molecular weight is 320 g/mol. The van der Waals surface area contributed by atoms with Crippen LogP contribution in [-0.2, 0) is 0 Å². The van der Waals surface area contributed by atoms with E-state index in [1.54, 1.807) is 0 Å². The van der Waals surface area contributed by atoms with E-state index in [2.05, 4.69) is 5.32 Å². The summed E-state index contributed by atoms with van der Waals surface area (Å²) in [7, 11) is 0. The van der Waals surface area contributed by atoms with Gasteiger partial charge in [-0.1, -0.05) is 23.2 Å². The number of anilines is 1. The summed E-state index contributed by atoms with van der Waals surface area (Å²) in [6, 6.07) is 2.77. The predicted octanol–water partition coefficient (Wildman–Crippen LogP) is 2.04. The number of nitrogens with two attached hydrogens (primary N) is 2. The van der Waals surface area contributed by atoms with E-state index < -0.39 is 11.9 Å². The second kappa shape index (κ2) is 7.45. The van der Waals surface area contributed by atoms with E-state index in [9.17, 15) is 4.79 Å². The number of nitrogens with one attached hydrogen (secondary N) is 2. The first-order chi connectivity index (χ1) is 6.91. The molecule has 96 valence electrons. The largest absolute Gasteiger partial charge is 0.397 e. The van der Waals surface area contributed by atoms with E-state index in [-0.39, 0.29) is 46.1 Å². The van der Waals surface area contributed by atoms with E-state index >= 15 is 0 Å². The molecule has 5 nitrogen and oxygen atoms in total. The van der Waals surface area contributed by atoms with Crippen LogP contribution in [0.2, 0.25) is 10.0 Å². The molecule has 0 saturated heterocycles. The van der Waals surface area contributed by atoms with Gasteiger partial charge < -0.3 is 11.5 Å². The number of nitrogen functional groups attached to an aromatic ring is 1. The molecule has 0 radical (unpaired) electrons. The van der Waals surface area contributed by atoms with Crippen LogP contribution in [0.1, 0.15) is 10.4 Å². The van der Waals surface area contributed by atoms with Gasteiger partial charge in [-0.3, -0.25) is 15.5 Å². The Morgan fingerprint density at radius 1 is 1.29 bits per heavy atom. The van der Waals surface area contributed by atoms with Crippen LogP contribution >= 0.6 is 48.0 Å². The molecule has 1 amide bonds. The topological polar surface area (TPSA) is 105 Å². The number of hydrogen-bond donors (Lipinski definition) is 4. The maximum Gasteiger partial charge on any atom is 0.260 e. The van der Waals surface area contributed by atoms with Crippen molar-refractivity contribution in [2.24, 2.45) is 5.73 Å². The monoisotopic (exact) mass is 318 g/mol. The highest BCUT2D eigenvalue weighted by atomic mass is 35.5. The van der Waals surface area contributed by atoms with Gasteiger partial charge in [0, 0.05) is 5.02 Å². The molecule has 0 aliphatic rings. The van der Waals surface area contributed by atoms with Crippen molar-refractivity contribution in [2.45, 2.75) is 0 Å². The molecule has 9 heteroatoms. The molecule has 0 aliphatic carbocycles. The zero-order chi connectivity index (χ0) is 11.6. The minimum Gasteiger partial charge on any atom is -0.397 e. The summed E-state index contributed by atoms with van der Waals surface area (Å²) in [5, 5.41) is 9.43. The van der Waals surface area contributed by atoms with Crippen LogP contribution in [0.15, 0.2) is 12.1 Å². The minimum absolute atomic E-state index is 0. The van der Waals surface area contributed by atoms with E-state index in [0.29, 0.717) is 0 Å². The van der Waals surface area contributed by atoms with Gasteiger partial charge in [0.1, 0.15) is 0 Å². The third kappa shape index (κ3) is 4.87. The molecule has 0 aliphatic heterocycles. The van der Waals surface area contributed by atoms with Crippen molar-refractivity contribution in [2.75, 3.05) is 5.73 Å². The SMILES string of the molecule is Cl.Cl.N=C(N)NC(=O)c1cc(Cl)cc(Cl)c1N. The second-order valence-corrected chi connectivity index (χ2v) is 3.56. The van der Waals surface area contributed by atoms with Gasteiger partial charge in [-0.2, -0.15) is 0 Å². The summed E-state index contributed by atoms with van der Waals surface area (Å²) in [5.74, 6) is -1.10. The molecule has 0 fully saturated rings. The van der Waals surface area contributed by atoms with Crippen LogP contribution < -0.4 is 16.8 Å². The zero-order valence-corrected chi connectivity index (χ0v) is 11.4. The van der Waals surface area contributed by atoms with Gasteiger partial charge in [0.2, 0.25) is 0 Å². The van der Waals surface area contributed by atoms with Crippen LogP contribution in [0, 0.1) is 5.41 Å². The Bertz CT molecular complexity index is 438. The van der Waals surface area contributed by atoms with Crippen molar-refractivity contribution in [1.29, 1.82) is 5.41 Å². The molecule has 0 bridgehead atoms. The third-order valence-electron chi connectivity index (χ3n) is 1.59. The maximum absolute atomic E-state index is 11.5. The van der Waals surface area contributed by atoms with Crippen LogP contribution in [0.4, 0.5) is 5.69 Å². The maximum atomic E-state index is 11.5. The number of halogens is 4. The summed E-state index contributed by atoms with van der Waals surface area (Å²) in [6.45, 7) is 0. The third-order valence-corrected chi connectivity index (χ3v) is 2.12. The Hall–Kier alpha value is -0.880. The molecule has 6 N–H and O–H groups in total. The number of benzene rings is 1. The minimum atomic E-state index is -0.621. The average Bonchev–Trinajstić information content (AvgIpc) is 2.09. The van der Waals surface area contributed by atoms with Crippen LogP contribution in [0.25, 0.3) is 0 Å². The van der Waals surface area contributed by atoms with Gasteiger partial charge in [0.25, 0.3) is 5.91 Å². The van der Waals surface area contributed by atoms with Gasteiger partial charge >= 0.3 is 0 Å². The molecule has 0 heterocycles. The van der Waals surface area contributed by atoms with Gasteiger partial charge in [-0.25, -0.2) is 0 Å². The smallest absolute Gasteiger partial charge is 0.260 e. The van der Waals surface area contributed by atoms with Crippen LogP contribution in [-0.4, -0.2) is 11.9 Å². The quantitative estimate of drug-likeness (QED) is 0.361. The lowest BCUT2D eigenvalue weighted by atomic mass is 10.1. The Morgan fingerprint density at radius 2 is 1.82 bits per heavy atom. The van der Waals surface area contributed by atoms with Crippen molar-refractivity contribution in [3.8, 4) is 0 Å². The van der Waals surface area contributed by atoms with Crippen molar-refractivity contribution in [3.63, 3.8) is 0 Å².